The van der Waals surface area contributed by atoms with Crippen LogP contribution in [0.25, 0.3) is 0 Å². The van der Waals surface area contributed by atoms with Crippen LogP contribution in [0.5, 0.6) is 0 Å². The van der Waals surface area contributed by atoms with Crippen LogP contribution in [0.2, 0.25) is 0 Å². The molecule has 1 heterocycles. The highest BCUT2D eigenvalue weighted by atomic mass is 32.2. The standard InChI is InChI=1S/C17H20N2S/c1-2-20-17-14(11-18)16(12-7-4-3-5-8-12)13-9-6-10-15(13)19-17/h3-4,12H,2,5-10H2,1H3/t12-/m0/s1. The Morgan fingerprint density at radius 2 is 2.30 bits per heavy atom. The highest BCUT2D eigenvalue weighted by molar-refractivity contribution is 7.99. The normalized spacial score (nSPS) is 20.7. The molecule has 0 N–H and O–H groups in total. The second-order valence-electron chi connectivity index (χ2n) is 5.51. The Labute approximate surface area is 125 Å². The van der Waals surface area contributed by atoms with Gasteiger partial charge in [0.1, 0.15) is 11.1 Å². The molecular weight excluding hydrogens is 264 g/mol. The van der Waals surface area contributed by atoms with Crippen LogP contribution in [0, 0.1) is 11.3 Å². The van der Waals surface area contributed by atoms with Gasteiger partial charge in [-0.3, -0.25) is 0 Å². The Bertz CT molecular complexity index is 584. The fourth-order valence-corrected chi connectivity index (χ4v) is 4.19. The lowest BCUT2D eigenvalue weighted by molar-refractivity contribution is 0.607. The third kappa shape index (κ3) is 2.38. The number of rotatable bonds is 3. The van der Waals surface area contributed by atoms with E-state index in [-0.39, 0.29) is 0 Å². The lowest BCUT2D eigenvalue weighted by Gasteiger charge is -2.23. The quantitative estimate of drug-likeness (QED) is 0.610. The Hall–Kier alpha value is -1.27. The van der Waals surface area contributed by atoms with Gasteiger partial charge in [-0.25, -0.2) is 4.98 Å². The van der Waals surface area contributed by atoms with Gasteiger partial charge in [-0.1, -0.05) is 19.1 Å². The predicted molar refractivity (Wildman–Crippen MR) is 83.1 cm³/mol. The minimum atomic E-state index is 0.528. The van der Waals surface area contributed by atoms with Crippen molar-refractivity contribution in [1.29, 1.82) is 5.26 Å². The lowest BCUT2D eigenvalue weighted by Crippen LogP contribution is -2.10. The number of pyridine rings is 1. The predicted octanol–water partition coefficient (Wildman–Crippen LogP) is 4.38. The van der Waals surface area contributed by atoms with E-state index in [1.807, 2.05) is 0 Å². The molecule has 1 aromatic rings. The van der Waals surface area contributed by atoms with E-state index in [4.69, 9.17) is 4.98 Å². The average Bonchev–Trinajstić information content (AvgIpc) is 2.95. The number of nitriles is 1. The first-order chi connectivity index (χ1) is 9.85. The van der Waals surface area contributed by atoms with Gasteiger partial charge in [0.2, 0.25) is 0 Å². The number of aromatic nitrogens is 1. The second-order valence-corrected chi connectivity index (χ2v) is 6.76. The number of allylic oxidation sites excluding steroid dienone is 2. The smallest absolute Gasteiger partial charge is 0.114 e. The highest BCUT2D eigenvalue weighted by Crippen LogP contribution is 2.40. The lowest BCUT2D eigenvalue weighted by atomic mass is 9.83. The Morgan fingerprint density at radius 1 is 1.40 bits per heavy atom. The molecule has 0 bridgehead atoms. The first kappa shape index (κ1) is 13.7. The first-order valence-electron chi connectivity index (χ1n) is 7.58. The number of hydrogen-bond donors (Lipinski definition) is 0. The van der Waals surface area contributed by atoms with E-state index in [9.17, 15) is 5.26 Å². The van der Waals surface area contributed by atoms with E-state index in [2.05, 4.69) is 25.1 Å². The molecule has 0 aromatic carbocycles. The van der Waals surface area contributed by atoms with E-state index >= 15 is 0 Å². The van der Waals surface area contributed by atoms with Gasteiger partial charge in [-0.15, -0.1) is 11.8 Å². The second kappa shape index (κ2) is 6.01. The van der Waals surface area contributed by atoms with Crippen molar-refractivity contribution in [2.24, 2.45) is 0 Å². The molecule has 0 saturated heterocycles. The van der Waals surface area contributed by atoms with Gasteiger partial charge in [0, 0.05) is 5.69 Å². The summed E-state index contributed by atoms with van der Waals surface area (Å²) >= 11 is 1.72. The molecule has 0 radical (unpaired) electrons. The summed E-state index contributed by atoms with van der Waals surface area (Å²) in [6.07, 6.45) is 11.4. The number of hydrogen-bond acceptors (Lipinski definition) is 3. The summed E-state index contributed by atoms with van der Waals surface area (Å²) in [5.41, 5.74) is 4.89. The zero-order valence-corrected chi connectivity index (χ0v) is 12.8. The molecule has 1 atom stereocenters. The number of fused-ring (bicyclic) bond motifs is 1. The van der Waals surface area contributed by atoms with Crippen LogP contribution in [-0.2, 0) is 12.8 Å². The maximum Gasteiger partial charge on any atom is 0.114 e. The van der Waals surface area contributed by atoms with E-state index in [1.54, 1.807) is 11.8 Å². The molecule has 0 spiro atoms. The molecule has 104 valence electrons. The molecule has 3 rings (SSSR count). The number of nitrogens with zero attached hydrogens (tertiary/aromatic N) is 2. The van der Waals surface area contributed by atoms with Crippen molar-refractivity contribution >= 4 is 11.8 Å². The minimum Gasteiger partial charge on any atom is -0.245 e. The molecule has 0 amide bonds. The summed E-state index contributed by atoms with van der Waals surface area (Å²) in [7, 11) is 0. The largest absolute Gasteiger partial charge is 0.245 e. The van der Waals surface area contributed by atoms with Crippen molar-refractivity contribution in [3.63, 3.8) is 0 Å². The first-order valence-corrected chi connectivity index (χ1v) is 8.57. The zero-order chi connectivity index (χ0) is 13.9. The van der Waals surface area contributed by atoms with Crippen LogP contribution >= 0.6 is 11.8 Å². The summed E-state index contributed by atoms with van der Waals surface area (Å²) in [5.74, 6) is 1.51. The van der Waals surface area contributed by atoms with Crippen LogP contribution in [0.4, 0.5) is 0 Å². The van der Waals surface area contributed by atoms with Crippen LogP contribution in [0.3, 0.4) is 0 Å². The van der Waals surface area contributed by atoms with Crippen molar-refractivity contribution in [3.05, 3.63) is 34.5 Å². The van der Waals surface area contributed by atoms with Crippen molar-refractivity contribution in [1.82, 2.24) is 4.98 Å². The van der Waals surface area contributed by atoms with Gasteiger partial charge in [0.05, 0.1) is 5.56 Å². The number of thioether (sulfide) groups is 1. The van der Waals surface area contributed by atoms with E-state index < -0.39 is 0 Å². The zero-order valence-electron chi connectivity index (χ0n) is 12.0. The van der Waals surface area contributed by atoms with Crippen LogP contribution in [0.1, 0.15) is 60.9 Å². The summed E-state index contributed by atoms with van der Waals surface area (Å²) in [4.78, 5) is 4.79. The van der Waals surface area contributed by atoms with Crippen molar-refractivity contribution in [2.75, 3.05) is 5.75 Å². The Kier molecular flexibility index (Phi) is 4.12. The molecule has 2 aliphatic carbocycles. The fourth-order valence-electron chi connectivity index (χ4n) is 3.44. The average molecular weight is 284 g/mol. The molecule has 3 heteroatoms. The fraction of sp³-hybridized carbons (Fsp3) is 0.529. The SMILES string of the molecule is CCSc1nc2c(c([C@H]3CC=CCC3)c1C#N)CCC2. The third-order valence-corrected chi connectivity index (χ3v) is 5.16. The third-order valence-electron chi connectivity index (χ3n) is 4.30. The maximum absolute atomic E-state index is 9.67. The molecule has 2 nitrogen and oxygen atoms in total. The van der Waals surface area contributed by atoms with E-state index in [0.29, 0.717) is 5.92 Å². The van der Waals surface area contributed by atoms with Crippen molar-refractivity contribution in [3.8, 4) is 6.07 Å². The van der Waals surface area contributed by atoms with Gasteiger partial charge < -0.3 is 0 Å². The van der Waals surface area contributed by atoms with Gasteiger partial charge in [0.25, 0.3) is 0 Å². The summed E-state index contributed by atoms with van der Waals surface area (Å²) in [6, 6.07) is 2.47. The van der Waals surface area contributed by atoms with Crippen LogP contribution in [0.15, 0.2) is 17.2 Å². The molecule has 2 aliphatic rings. The Morgan fingerprint density at radius 3 is 3.00 bits per heavy atom. The van der Waals surface area contributed by atoms with Gasteiger partial charge in [-0.05, 0) is 61.3 Å². The van der Waals surface area contributed by atoms with E-state index in [0.717, 1.165) is 42.0 Å². The summed E-state index contributed by atoms with van der Waals surface area (Å²) < 4.78 is 0. The monoisotopic (exact) mass is 284 g/mol. The number of aryl methyl sites for hydroxylation is 1. The van der Waals surface area contributed by atoms with E-state index in [1.165, 1.54) is 29.7 Å². The summed E-state index contributed by atoms with van der Waals surface area (Å²) in [5, 5.41) is 10.6. The Balaban J connectivity index is 2.14. The maximum atomic E-state index is 9.67. The van der Waals surface area contributed by atoms with Gasteiger partial charge in [-0.2, -0.15) is 5.26 Å². The summed E-state index contributed by atoms with van der Waals surface area (Å²) in [6.45, 7) is 2.13. The topological polar surface area (TPSA) is 36.7 Å². The molecule has 1 aromatic heterocycles. The van der Waals surface area contributed by atoms with Gasteiger partial charge >= 0.3 is 0 Å². The van der Waals surface area contributed by atoms with Crippen LogP contribution < -0.4 is 0 Å². The molecular formula is C17H20N2S. The molecule has 0 saturated carbocycles. The molecule has 20 heavy (non-hydrogen) atoms. The van der Waals surface area contributed by atoms with Crippen molar-refractivity contribution < 1.29 is 0 Å². The molecule has 0 unspecified atom stereocenters. The minimum absolute atomic E-state index is 0.528. The van der Waals surface area contributed by atoms with Crippen molar-refractivity contribution in [2.45, 2.75) is 56.4 Å². The molecule has 0 aliphatic heterocycles. The van der Waals surface area contributed by atoms with Gasteiger partial charge in [0.15, 0.2) is 0 Å². The highest BCUT2D eigenvalue weighted by Gasteiger charge is 2.27. The van der Waals surface area contributed by atoms with Crippen LogP contribution in [-0.4, -0.2) is 10.7 Å². The molecule has 0 fully saturated rings.